The van der Waals surface area contributed by atoms with Crippen LogP contribution in [-0.2, 0) is 11.3 Å². The first-order chi connectivity index (χ1) is 9.81. The highest BCUT2D eigenvalue weighted by atomic mass is 16.5. The van der Waals surface area contributed by atoms with Gasteiger partial charge >= 0.3 is 0 Å². The lowest BCUT2D eigenvalue weighted by Gasteiger charge is -2.32. The fraction of sp³-hybridized carbons (Fsp3) is 0.467. The molecule has 106 valence electrons. The predicted molar refractivity (Wildman–Crippen MR) is 77.0 cm³/mol. The molecule has 0 spiro atoms. The standard InChI is InChI=1S/C15H19N3O2/c1-2-17-6-7-20-13(9-17)10-18-8-12(11-19)14-4-3-5-16-15(14)18/h3-5,8,11,13H,2,6-7,9-10H2,1H3. The number of carbonyl (C=O) groups is 1. The highest BCUT2D eigenvalue weighted by Gasteiger charge is 2.21. The highest BCUT2D eigenvalue weighted by molar-refractivity contribution is 5.95. The molecular weight excluding hydrogens is 254 g/mol. The number of nitrogens with zero attached hydrogens (tertiary/aromatic N) is 3. The van der Waals surface area contributed by atoms with E-state index in [1.54, 1.807) is 6.20 Å². The molecule has 0 N–H and O–H groups in total. The molecule has 1 saturated heterocycles. The topological polar surface area (TPSA) is 47.4 Å². The van der Waals surface area contributed by atoms with E-state index < -0.39 is 0 Å². The van der Waals surface area contributed by atoms with E-state index in [1.165, 1.54) is 0 Å². The van der Waals surface area contributed by atoms with Gasteiger partial charge in [-0.2, -0.15) is 0 Å². The molecule has 1 unspecified atom stereocenters. The van der Waals surface area contributed by atoms with E-state index in [4.69, 9.17) is 4.74 Å². The molecule has 2 aromatic rings. The average Bonchev–Trinajstić information content (AvgIpc) is 2.86. The van der Waals surface area contributed by atoms with E-state index in [-0.39, 0.29) is 6.10 Å². The monoisotopic (exact) mass is 273 g/mol. The lowest BCUT2D eigenvalue weighted by molar-refractivity contribution is -0.0338. The Morgan fingerprint density at radius 3 is 3.25 bits per heavy atom. The van der Waals surface area contributed by atoms with Gasteiger partial charge in [0, 0.05) is 36.4 Å². The maximum Gasteiger partial charge on any atom is 0.152 e. The number of likely N-dealkylation sites (N-methyl/N-ethyl adjacent to an activating group) is 1. The Morgan fingerprint density at radius 1 is 1.55 bits per heavy atom. The molecule has 0 radical (unpaired) electrons. The highest BCUT2D eigenvalue weighted by Crippen LogP contribution is 2.19. The minimum Gasteiger partial charge on any atom is -0.374 e. The molecule has 1 aliphatic heterocycles. The van der Waals surface area contributed by atoms with Gasteiger partial charge in [-0.25, -0.2) is 4.98 Å². The molecule has 20 heavy (non-hydrogen) atoms. The summed E-state index contributed by atoms with van der Waals surface area (Å²) in [4.78, 5) is 17.9. The average molecular weight is 273 g/mol. The lowest BCUT2D eigenvalue weighted by Crippen LogP contribution is -2.43. The van der Waals surface area contributed by atoms with Crippen molar-refractivity contribution >= 4 is 17.3 Å². The largest absolute Gasteiger partial charge is 0.374 e. The van der Waals surface area contributed by atoms with Crippen LogP contribution < -0.4 is 0 Å². The molecule has 0 aromatic carbocycles. The molecule has 3 heterocycles. The van der Waals surface area contributed by atoms with Gasteiger partial charge in [-0.05, 0) is 18.7 Å². The Balaban J connectivity index is 1.85. The Hall–Kier alpha value is -1.72. The fourth-order valence-corrected chi connectivity index (χ4v) is 2.78. The number of rotatable bonds is 4. The van der Waals surface area contributed by atoms with Crippen LogP contribution in [0, 0.1) is 0 Å². The summed E-state index contributed by atoms with van der Waals surface area (Å²) in [5.41, 5.74) is 1.54. The number of aromatic nitrogens is 2. The Kier molecular flexibility index (Phi) is 3.80. The smallest absolute Gasteiger partial charge is 0.152 e. The van der Waals surface area contributed by atoms with Gasteiger partial charge < -0.3 is 9.30 Å². The number of carbonyl (C=O) groups excluding carboxylic acids is 1. The zero-order valence-corrected chi connectivity index (χ0v) is 11.7. The second-order valence-electron chi connectivity index (χ2n) is 5.12. The van der Waals surface area contributed by atoms with E-state index in [2.05, 4.69) is 16.8 Å². The molecule has 1 fully saturated rings. The van der Waals surface area contributed by atoms with Gasteiger partial charge in [-0.3, -0.25) is 9.69 Å². The second-order valence-corrected chi connectivity index (χ2v) is 5.12. The van der Waals surface area contributed by atoms with Crippen molar-refractivity contribution in [3.05, 3.63) is 30.1 Å². The Morgan fingerprint density at radius 2 is 2.45 bits per heavy atom. The minimum absolute atomic E-state index is 0.154. The minimum atomic E-state index is 0.154. The van der Waals surface area contributed by atoms with Crippen molar-refractivity contribution in [2.75, 3.05) is 26.2 Å². The van der Waals surface area contributed by atoms with Gasteiger partial charge in [-0.1, -0.05) is 6.92 Å². The van der Waals surface area contributed by atoms with E-state index in [0.717, 1.165) is 50.1 Å². The van der Waals surface area contributed by atoms with Crippen molar-refractivity contribution < 1.29 is 9.53 Å². The molecule has 0 saturated carbocycles. The van der Waals surface area contributed by atoms with Crippen LogP contribution in [0.25, 0.3) is 11.0 Å². The van der Waals surface area contributed by atoms with Crippen molar-refractivity contribution in [3.63, 3.8) is 0 Å². The summed E-state index contributed by atoms with van der Waals surface area (Å²) < 4.78 is 7.86. The molecule has 2 aromatic heterocycles. The Labute approximate surface area is 118 Å². The van der Waals surface area contributed by atoms with E-state index in [1.807, 2.05) is 22.9 Å². The van der Waals surface area contributed by atoms with Crippen LogP contribution in [0.4, 0.5) is 0 Å². The number of hydrogen-bond donors (Lipinski definition) is 0. The third kappa shape index (κ3) is 2.46. The van der Waals surface area contributed by atoms with E-state index in [0.29, 0.717) is 5.56 Å². The van der Waals surface area contributed by atoms with Gasteiger partial charge in [0.05, 0.1) is 19.3 Å². The SMILES string of the molecule is CCN1CCOC(Cn2cc(C=O)c3cccnc32)C1. The molecule has 0 amide bonds. The van der Waals surface area contributed by atoms with Crippen LogP contribution in [0.3, 0.4) is 0 Å². The van der Waals surface area contributed by atoms with Crippen LogP contribution in [0.1, 0.15) is 17.3 Å². The molecule has 0 bridgehead atoms. The molecule has 1 atom stereocenters. The van der Waals surface area contributed by atoms with Crippen molar-refractivity contribution in [1.82, 2.24) is 14.5 Å². The maximum atomic E-state index is 11.1. The first-order valence-corrected chi connectivity index (χ1v) is 7.04. The molecule has 3 rings (SSSR count). The summed E-state index contributed by atoms with van der Waals surface area (Å²) in [7, 11) is 0. The third-order valence-corrected chi connectivity index (χ3v) is 3.86. The lowest BCUT2D eigenvalue weighted by atomic mass is 10.2. The zero-order valence-electron chi connectivity index (χ0n) is 11.7. The summed E-state index contributed by atoms with van der Waals surface area (Å²) in [5, 5.41) is 0.908. The normalized spacial score (nSPS) is 20.4. The van der Waals surface area contributed by atoms with Crippen LogP contribution in [0.5, 0.6) is 0 Å². The van der Waals surface area contributed by atoms with Gasteiger partial charge in [0.25, 0.3) is 0 Å². The van der Waals surface area contributed by atoms with Crippen molar-refractivity contribution in [2.45, 2.75) is 19.6 Å². The third-order valence-electron chi connectivity index (χ3n) is 3.86. The number of fused-ring (bicyclic) bond motifs is 1. The molecule has 5 heteroatoms. The van der Waals surface area contributed by atoms with Crippen molar-refractivity contribution in [1.29, 1.82) is 0 Å². The Bertz CT molecular complexity index is 608. The van der Waals surface area contributed by atoms with Gasteiger partial charge in [-0.15, -0.1) is 0 Å². The number of ether oxygens (including phenoxy) is 1. The number of hydrogen-bond acceptors (Lipinski definition) is 4. The predicted octanol–water partition coefficient (Wildman–Crippen LogP) is 1.57. The van der Waals surface area contributed by atoms with Crippen molar-refractivity contribution in [2.24, 2.45) is 0 Å². The van der Waals surface area contributed by atoms with Crippen LogP contribution in [0.2, 0.25) is 0 Å². The van der Waals surface area contributed by atoms with Crippen molar-refractivity contribution in [3.8, 4) is 0 Å². The van der Waals surface area contributed by atoms with Crippen LogP contribution in [0.15, 0.2) is 24.5 Å². The number of pyridine rings is 1. The van der Waals surface area contributed by atoms with E-state index in [9.17, 15) is 4.79 Å². The maximum absolute atomic E-state index is 11.1. The zero-order chi connectivity index (χ0) is 13.9. The van der Waals surface area contributed by atoms with Gasteiger partial charge in [0.15, 0.2) is 6.29 Å². The molecular formula is C15H19N3O2. The van der Waals surface area contributed by atoms with Crippen LogP contribution in [-0.4, -0.2) is 53.1 Å². The summed E-state index contributed by atoms with van der Waals surface area (Å²) in [6, 6.07) is 3.79. The molecule has 5 nitrogen and oxygen atoms in total. The fourth-order valence-electron chi connectivity index (χ4n) is 2.78. The quantitative estimate of drug-likeness (QED) is 0.793. The van der Waals surface area contributed by atoms with Gasteiger partial charge in [0.1, 0.15) is 5.65 Å². The first-order valence-electron chi connectivity index (χ1n) is 7.04. The number of morpholine rings is 1. The summed E-state index contributed by atoms with van der Waals surface area (Å²) in [5.74, 6) is 0. The molecule has 0 aliphatic carbocycles. The van der Waals surface area contributed by atoms with E-state index >= 15 is 0 Å². The second kappa shape index (κ2) is 5.73. The van der Waals surface area contributed by atoms with Crippen LogP contribution >= 0.6 is 0 Å². The first kappa shape index (κ1) is 13.3. The van der Waals surface area contributed by atoms with Gasteiger partial charge in [0.2, 0.25) is 0 Å². The summed E-state index contributed by atoms with van der Waals surface area (Å²) >= 11 is 0. The summed E-state index contributed by atoms with van der Waals surface area (Å²) in [6.07, 6.45) is 4.67. The molecule has 1 aliphatic rings. The number of aldehydes is 1. The summed E-state index contributed by atoms with van der Waals surface area (Å²) in [6.45, 7) is 6.64.